The van der Waals surface area contributed by atoms with E-state index >= 15 is 0 Å². The van der Waals surface area contributed by atoms with Crippen LogP contribution in [0.15, 0.2) is 55.9 Å². The second-order valence-corrected chi connectivity index (χ2v) is 7.33. The van der Waals surface area contributed by atoms with E-state index in [1.54, 1.807) is 18.2 Å². The monoisotopic (exact) mass is 432 g/mol. The molecule has 4 aromatic rings. The third-order valence-corrected chi connectivity index (χ3v) is 5.00. The van der Waals surface area contributed by atoms with Gasteiger partial charge >= 0.3 is 11.7 Å². The first-order valence-corrected chi connectivity index (χ1v) is 9.71. The Labute approximate surface area is 171 Å². The molecule has 0 saturated heterocycles. The van der Waals surface area contributed by atoms with Gasteiger partial charge in [0.25, 0.3) is 11.4 Å². The third-order valence-electron chi connectivity index (χ3n) is 3.92. The molecule has 0 aliphatic heterocycles. The number of hydrogen-bond acceptors (Lipinski definition) is 8. The highest BCUT2D eigenvalue weighted by atomic mass is 35.5. The first-order valence-electron chi connectivity index (χ1n) is 8.45. The first-order chi connectivity index (χ1) is 14.0. The van der Waals surface area contributed by atoms with Crippen molar-refractivity contribution in [2.24, 2.45) is 0 Å². The van der Waals surface area contributed by atoms with E-state index < -0.39 is 11.7 Å². The molecule has 4 heterocycles. The van der Waals surface area contributed by atoms with E-state index in [4.69, 9.17) is 20.8 Å². The van der Waals surface area contributed by atoms with Gasteiger partial charge in [-0.3, -0.25) is 14.0 Å². The Morgan fingerprint density at radius 2 is 2.14 bits per heavy atom. The summed E-state index contributed by atoms with van der Waals surface area (Å²) in [7, 11) is 0. The maximum atomic E-state index is 12.1. The summed E-state index contributed by atoms with van der Waals surface area (Å²) in [5.41, 5.74) is 0.367. The summed E-state index contributed by atoms with van der Waals surface area (Å²) in [5, 5.41) is 6.32. The molecule has 0 atom stereocenters. The minimum Gasteiger partial charge on any atom is -0.459 e. The van der Waals surface area contributed by atoms with E-state index in [1.807, 2.05) is 11.4 Å². The Morgan fingerprint density at radius 1 is 1.28 bits per heavy atom. The Kier molecular flexibility index (Phi) is 5.28. The molecule has 0 radical (unpaired) electrons. The molecule has 0 N–H and O–H groups in total. The number of esters is 1. The highest BCUT2D eigenvalue weighted by molar-refractivity contribution is 7.13. The van der Waals surface area contributed by atoms with Crippen LogP contribution in [0.4, 0.5) is 0 Å². The maximum absolute atomic E-state index is 12.1. The number of rotatable bonds is 6. The van der Waals surface area contributed by atoms with Crippen molar-refractivity contribution in [2.75, 3.05) is 0 Å². The fourth-order valence-corrected chi connectivity index (χ4v) is 3.38. The topological polar surface area (TPSA) is 109 Å². The molecule has 9 nitrogen and oxygen atoms in total. The molecule has 0 aromatic carbocycles. The number of aryl methyl sites for hydroxylation is 1. The van der Waals surface area contributed by atoms with Gasteiger partial charge < -0.3 is 9.15 Å². The van der Waals surface area contributed by atoms with Crippen LogP contribution < -0.4 is 11.3 Å². The van der Waals surface area contributed by atoms with Gasteiger partial charge in [-0.05, 0) is 23.6 Å². The lowest BCUT2D eigenvalue weighted by Crippen LogP contribution is -2.19. The van der Waals surface area contributed by atoms with Crippen LogP contribution in [0, 0.1) is 0 Å². The van der Waals surface area contributed by atoms with E-state index in [-0.39, 0.29) is 31.0 Å². The molecule has 4 rings (SSSR count). The average molecular weight is 433 g/mol. The predicted molar refractivity (Wildman–Crippen MR) is 105 cm³/mol. The minimum atomic E-state index is -0.649. The number of ether oxygens (including phenoxy) is 1. The van der Waals surface area contributed by atoms with Crippen LogP contribution >= 0.6 is 22.9 Å². The highest BCUT2D eigenvalue weighted by Crippen LogP contribution is 2.21. The van der Waals surface area contributed by atoms with Crippen LogP contribution in [0.5, 0.6) is 0 Å². The summed E-state index contributed by atoms with van der Waals surface area (Å²) in [6.45, 7) is -0.153. The highest BCUT2D eigenvalue weighted by Gasteiger charge is 2.13. The summed E-state index contributed by atoms with van der Waals surface area (Å²) < 4.78 is 12.6. The smallest absolute Gasteiger partial charge is 0.437 e. The zero-order valence-electron chi connectivity index (χ0n) is 14.8. The van der Waals surface area contributed by atoms with Crippen LogP contribution in [0.25, 0.3) is 16.4 Å². The summed E-state index contributed by atoms with van der Waals surface area (Å²) >= 11 is 7.26. The summed E-state index contributed by atoms with van der Waals surface area (Å²) in [5.74, 6) is -1.00. The van der Waals surface area contributed by atoms with Gasteiger partial charge in [0.1, 0.15) is 12.3 Å². The molecule has 11 heteroatoms. The molecule has 0 aliphatic rings. The number of thiophene rings is 1. The Balaban J connectivity index is 1.37. The number of nitrogens with zero attached hydrogens (tertiary/aromatic N) is 4. The number of halogens is 1. The van der Waals surface area contributed by atoms with Gasteiger partial charge in [0.15, 0.2) is 0 Å². The van der Waals surface area contributed by atoms with Crippen molar-refractivity contribution < 1.29 is 13.9 Å². The number of fused-ring (bicyclic) bond motifs is 1. The van der Waals surface area contributed by atoms with Gasteiger partial charge in [-0.15, -0.1) is 16.4 Å². The van der Waals surface area contributed by atoms with Gasteiger partial charge in [0.05, 0.1) is 28.6 Å². The van der Waals surface area contributed by atoms with Gasteiger partial charge in [-0.2, -0.15) is 4.68 Å². The summed E-state index contributed by atoms with van der Waals surface area (Å²) in [4.78, 5) is 40.9. The normalized spacial score (nSPS) is 11.1. The van der Waals surface area contributed by atoms with E-state index in [0.29, 0.717) is 16.4 Å². The lowest BCUT2D eigenvalue weighted by atomic mass is 10.4. The van der Waals surface area contributed by atoms with E-state index in [1.165, 1.54) is 28.0 Å². The Morgan fingerprint density at radius 3 is 2.93 bits per heavy atom. The number of carbonyl (C=O) groups excluding carboxylic acids is 1. The lowest BCUT2D eigenvalue weighted by Gasteiger charge is -2.06. The molecule has 0 bridgehead atoms. The minimum absolute atomic E-state index is 0.0127. The van der Waals surface area contributed by atoms with Crippen molar-refractivity contribution in [1.29, 1.82) is 0 Å². The second-order valence-electron chi connectivity index (χ2n) is 5.95. The molecule has 0 saturated carbocycles. The number of aromatic nitrogens is 4. The van der Waals surface area contributed by atoms with Crippen molar-refractivity contribution in [3.05, 3.63) is 73.5 Å². The predicted octanol–water partition coefficient (Wildman–Crippen LogP) is 2.36. The third kappa shape index (κ3) is 4.28. The molecule has 0 unspecified atom stereocenters. The largest absolute Gasteiger partial charge is 0.459 e. The van der Waals surface area contributed by atoms with Crippen molar-refractivity contribution in [2.45, 2.75) is 19.6 Å². The van der Waals surface area contributed by atoms with Crippen LogP contribution in [-0.4, -0.2) is 25.1 Å². The van der Waals surface area contributed by atoms with Crippen molar-refractivity contribution in [3.8, 4) is 10.8 Å². The van der Waals surface area contributed by atoms with Crippen molar-refractivity contribution >= 4 is 34.6 Å². The molecule has 0 amide bonds. The zero-order valence-corrected chi connectivity index (χ0v) is 16.4. The molecule has 4 aromatic heterocycles. The Hall–Kier alpha value is -3.24. The molecule has 0 spiro atoms. The van der Waals surface area contributed by atoms with E-state index in [2.05, 4.69) is 10.1 Å². The Bertz CT molecular complexity index is 1290. The van der Waals surface area contributed by atoms with Gasteiger partial charge in [-0.25, -0.2) is 9.78 Å². The molecule has 148 valence electrons. The molecular weight excluding hydrogens is 420 g/mol. The fraction of sp³-hybridized carbons (Fsp3) is 0.167. The quantitative estimate of drug-likeness (QED) is 0.430. The molecule has 0 fully saturated rings. The van der Waals surface area contributed by atoms with Crippen molar-refractivity contribution in [3.63, 3.8) is 0 Å². The van der Waals surface area contributed by atoms with Gasteiger partial charge in [0, 0.05) is 12.3 Å². The number of hydrogen-bond donors (Lipinski definition) is 0. The lowest BCUT2D eigenvalue weighted by molar-refractivity contribution is -0.145. The summed E-state index contributed by atoms with van der Waals surface area (Å²) in [6, 6.07) is 8.07. The first kappa shape index (κ1) is 19.1. The van der Waals surface area contributed by atoms with Crippen molar-refractivity contribution in [1.82, 2.24) is 19.2 Å². The fourth-order valence-electron chi connectivity index (χ4n) is 2.57. The van der Waals surface area contributed by atoms with Crippen LogP contribution in [-0.2, 0) is 22.7 Å². The number of carbonyl (C=O) groups is 1. The average Bonchev–Trinajstić information content (AvgIpc) is 3.35. The van der Waals surface area contributed by atoms with Crippen LogP contribution in [0.3, 0.4) is 0 Å². The second kappa shape index (κ2) is 8.02. The maximum Gasteiger partial charge on any atom is 0.437 e. The molecule has 29 heavy (non-hydrogen) atoms. The van der Waals surface area contributed by atoms with Crippen LogP contribution in [0.2, 0.25) is 5.02 Å². The van der Waals surface area contributed by atoms with E-state index in [0.717, 1.165) is 9.56 Å². The van der Waals surface area contributed by atoms with Crippen LogP contribution in [0.1, 0.15) is 12.1 Å². The SMILES string of the molecule is O=C(CCn1nc(-c2cccs2)oc1=O)OCc1cc(=O)n2cc(Cl)ccc2n1. The number of pyridine rings is 1. The standard InChI is InChI=1S/C18H13ClN4O5S/c19-11-3-4-14-20-12(8-15(24)22(14)9-11)10-27-16(25)5-6-23-18(26)28-17(21-23)13-2-1-7-29-13/h1-4,7-9H,5-6,10H2. The summed E-state index contributed by atoms with van der Waals surface area (Å²) in [6.07, 6.45) is 1.38. The van der Waals surface area contributed by atoms with Gasteiger partial charge in [0.2, 0.25) is 0 Å². The zero-order chi connectivity index (χ0) is 20.4. The molecular formula is C18H13ClN4O5S. The van der Waals surface area contributed by atoms with Gasteiger partial charge in [-0.1, -0.05) is 17.7 Å². The van der Waals surface area contributed by atoms with E-state index in [9.17, 15) is 14.4 Å². The molecule has 0 aliphatic carbocycles.